The summed E-state index contributed by atoms with van der Waals surface area (Å²) in [6.45, 7) is 9.86. The van der Waals surface area contributed by atoms with Crippen molar-refractivity contribution in [1.82, 2.24) is 4.90 Å². The first-order valence-corrected chi connectivity index (χ1v) is 6.95. The highest BCUT2D eigenvalue weighted by molar-refractivity contribution is 5.26. The summed E-state index contributed by atoms with van der Waals surface area (Å²) in [7, 11) is 0. The van der Waals surface area contributed by atoms with Crippen LogP contribution in [0.5, 0.6) is 0 Å². The summed E-state index contributed by atoms with van der Waals surface area (Å²) in [5, 5.41) is 9.01. The first-order valence-electron chi connectivity index (χ1n) is 6.95. The topological polar surface area (TPSA) is 53.0 Å². The average molecular weight is 259 g/mol. The van der Waals surface area contributed by atoms with Gasteiger partial charge in [0.15, 0.2) is 0 Å². The third-order valence-electron chi connectivity index (χ3n) is 3.41. The highest BCUT2D eigenvalue weighted by atomic mass is 15.2. The monoisotopic (exact) mass is 259 g/mol. The van der Waals surface area contributed by atoms with Crippen molar-refractivity contribution in [3.63, 3.8) is 0 Å². The maximum atomic E-state index is 9.01. The SMILES string of the molecule is CCN(CC(C)C#N)C(c1cccc(C)c1)C(C)N. The fourth-order valence-electron chi connectivity index (χ4n) is 2.53. The molecular formula is C16H25N3. The van der Waals surface area contributed by atoms with E-state index in [1.807, 2.05) is 13.8 Å². The van der Waals surface area contributed by atoms with Crippen LogP contribution >= 0.6 is 0 Å². The number of hydrogen-bond donors (Lipinski definition) is 1. The molecule has 0 aromatic heterocycles. The third-order valence-corrected chi connectivity index (χ3v) is 3.41. The van der Waals surface area contributed by atoms with Gasteiger partial charge in [-0.25, -0.2) is 0 Å². The normalized spacial score (nSPS) is 15.8. The Kier molecular flexibility index (Phi) is 6.01. The predicted molar refractivity (Wildman–Crippen MR) is 79.6 cm³/mol. The Morgan fingerprint density at radius 1 is 1.37 bits per heavy atom. The Morgan fingerprint density at radius 3 is 2.53 bits per heavy atom. The molecule has 0 aliphatic rings. The minimum absolute atomic E-state index is 0.0195. The summed E-state index contributed by atoms with van der Waals surface area (Å²) >= 11 is 0. The lowest BCUT2D eigenvalue weighted by Crippen LogP contribution is -2.41. The molecule has 1 aromatic rings. The van der Waals surface area contributed by atoms with Crippen molar-refractivity contribution < 1.29 is 0 Å². The Hall–Kier alpha value is -1.37. The number of aryl methyl sites for hydroxylation is 1. The van der Waals surface area contributed by atoms with Gasteiger partial charge in [-0.1, -0.05) is 36.8 Å². The molecule has 0 heterocycles. The molecule has 0 aliphatic carbocycles. The number of nitrogens with two attached hydrogens (primary N) is 1. The molecule has 2 N–H and O–H groups in total. The van der Waals surface area contributed by atoms with E-state index >= 15 is 0 Å². The lowest BCUT2D eigenvalue weighted by Gasteiger charge is -2.34. The van der Waals surface area contributed by atoms with Gasteiger partial charge in [0, 0.05) is 18.6 Å². The van der Waals surface area contributed by atoms with Gasteiger partial charge in [-0.3, -0.25) is 4.90 Å². The van der Waals surface area contributed by atoms with Crippen LogP contribution in [0.4, 0.5) is 0 Å². The van der Waals surface area contributed by atoms with Crippen molar-refractivity contribution in [3.05, 3.63) is 35.4 Å². The quantitative estimate of drug-likeness (QED) is 0.854. The van der Waals surface area contributed by atoms with E-state index in [2.05, 4.69) is 49.1 Å². The van der Waals surface area contributed by atoms with Gasteiger partial charge in [0.1, 0.15) is 0 Å². The fraction of sp³-hybridized carbons (Fsp3) is 0.562. The largest absolute Gasteiger partial charge is 0.326 e. The molecule has 0 saturated heterocycles. The molecule has 3 unspecified atom stereocenters. The van der Waals surface area contributed by atoms with E-state index in [0.29, 0.717) is 0 Å². The first kappa shape index (κ1) is 15.7. The van der Waals surface area contributed by atoms with E-state index in [0.717, 1.165) is 13.1 Å². The lowest BCUT2D eigenvalue weighted by atomic mass is 9.96. The number of benzene rings is 1. The molecule has 1 rings (SSSR count). The van der Waals surface area contributed by atoms with Crippen molar-refractivity contribution in [2.45, 2.75) is 39.8 Å². The van der Waals surface area contributed by atoms with Gasteiger partial charge in [-0.15, -0.1) is 0 Å². The minimum Gasteiger partial charge on any atom is -0.326 e. The summed E-state index contributed by atoms with van der Waals surface area (Å²) in [5.41, 5.74) is 8.67. The second kappa shape index (κ2) is 7.28. The Labute approximate surface area is 117 Å². The predicted octanol–water partition coefficient (Wildman–Crippen LogP) is 2.86. The van der Waals surface area contributed by atoms with Crippen LogP contribution in [-0.4, -0.2) is 24.0 Å². The number of nitrogens with zero attached hydrogens (tertiary/aromatic N) is 2. The maximum absolute atomic E-state index is 9.01. The van der Waals surface area contributed by atoms with Crippen LogP contribution in [0.3, 0.4) is 0 Å². The maximum Gasteiger partial charge on any atom is 0.0666 e. The summed E-state index contributed by atoms with van der Waals surface area (Å²) < 4.78 is 0. The van der Waals surface area contributed by atoms with Crippen LogP contribution in [-0.2, 0) is 0 Å². The van der Waals surface area contributed by atoms with Crippen molar-refractivity contribution >= 4 is 0 Å². The molecule has 19 heavy (non-hydrogen) atoms. The molecule has 0 fully saturated rings. The first-order chi connectivity index (χ1) is 8.99. The average Bonchev–Trinajstić information content (AvgIpc) is 2.37. The standard InChI is InChI=1S/C16H25N3/c1-5-19(11-13(3)10-17)16(14(4)18)15-8-6-7-12(2)9-15/h6-9,13-14,16H,5,11,18H2,1-4H3. The van der Waals surface area contributed by atoms with Crippen LogP contribution in [0.15, 0.2) is 24.3 Å². The van der Waals surface area contributed by atoms with Crippen molar-refractivity contribution in [3.8, 4) is 6.07 Å². The van der Waals surface area contributed by atoms with Gasteiger partial charge in [0.05, 0.1) is 12.0 Å². The third kappa shape index (κ3) is 4.34. The molecule has 104 valence electrons. The zero-order valence-corrected chi connectivity index (χ0v) is 12.4. The molecular weight excluding hydrogens is 234 g/mol. The highest BCUT2D eigenvalue weighted by Crippen LogP contribution is 2.25. The summed E-state index contributed by atoms with van der Waals surface area (Å²) in [6.07, 6.45) is 0. The van der Waals surface area contributed by atoms with Crippen LogP contribution in [0.2, 0.25) is 0 Å². The number of likely N-dealkylation sites (N-methyl/N-ethyl adjacent to an activating group) is 1. The number of hydrogen-bond acceptors (Lipinski definition) is 3. The van der Waals surface area contributed by atoms with Gasteiger partial charge < -0.3 is 5.73 Å². The number of rotatable bonds is 6. The van der Waals surface area contributed by atoms with Crippen molar-refractivity contribution in [2.24, 2.45) is 11.7 Å². The minimum atomic E-state index is 0.0195. The zero-order valence-electron chi connectivity index (χ0n) is 12.4. The molecule has 0 saturated carbocycles. The summed E-state index contributed by atoms with van der Waals surface area (Å²) in [6, 6.07) is 11.0. The van der Waals surface area contributed by atoms with E-state index in [1.165, 1.54) is 11.1 Å². The number of nitriles is 1. The zero-order chi connectivity index (χ0) is 14.4. The highest BCUT2D eigenvalue weighted by Gasteiger charge is 2.24. The Morgan fingerprint density at radius 2 is 2.05 bits per heavy atom. The fourth-order valence-corrected chi connectivity index (χ4v) is 2.53. The van der Waals surface area contributed by atoms with Crippen molar-refractivity contribution in [1.29, 1.82) is 5.26 Å². The molecule has 3 atom stereocenters. The molecule has 0 radical (unpaired) electrons. The van der Waals surface area contributed by atoms with Gasteiger partial charge in [-0.2, -0.15) is 5.26 Å². The van der Waals surface area contributed by atoms with Gasteiger partial charge in [-0.05, 0) is 32.9 Å². The molecule has 3 heteroatoms. The smallest absolute Gasteiger partial charge is 0.0666 e. The second-order valence-electron chi connectivity index (χ2n) is 5.34. The van der Waals surface area contributed by atoms with E-state index in [9.17, 15) is 0 Å². The van der Waals surface area contributed by atoms with Crippen molar-refractivity contribution in [2.75, 3.05) is 13.1 Å². The van der Waals surface area contributed by atoms with Crippen LogP contribution in [0.1, 0.15) is 37.9 Å². The van der Waals surface area contributed by atoms with Gasteiger partial charge in [0.25, 0.3) is 0 Å². The molecule has 0 bridgehead atoms. The summed E-state index contributed by atoms with van der Waals surface area (Å²) in [5.74, 6) is 0.0195. The van der Waals surface area contributed by atoms with Gasteiger partial charge >= 0.3 is 0 Å². The molecule has 0 spiro atoms. The van der Waals surface area contributed by atoms with Crippen LogP contribution in [0.25, 0.3) is 0 Å². The molecule has 1 aromatic carbocycles. The molecule has 0 aliphatic heterocycles. The van der Waals surface area contributed by atoms with Crippen LogP contribution < -0.4 is 5.73 Å². The Balaban J connectivity index is 3.02. The van der Waals surface area contributed by atoms with E-state index in [1.54, 1.807) is 0 Å². The molecule has 0 amide bonds. The van der Waals surface area contributed by atoms with Gasteiger partial charge in [0.2, 0.25) is 0 Å². The second-order valence-corrected chi connectivity index (χ2v) is 5.34. The van der Waals surface area contributed by atoms with E-state index < -0.39 is 0 Å². The summed E-state index contributed by atoms with van der Waals surface area (Å²) in [4.78, 5) is 2.30. The lowest BCUT2D eigenvalue weighted by molar-refractivity contribution is 0.173. The van der Waals surface area contributed by atoms with Crippen LogP contribution in [0, 0.1) is 24.2 Å². The molecule has 3 nitrogen and oxygen atoms in total. The van der Waals surface area contributed by atoms with E-state index in [4.69, 9.17) is 11.0 Å². The van der Waals surface area contributed by atoms with E-state index in [-0.39, 0.29) is 18.0 Å². The Bertz CT molecular complexity index is 434.